The van der Waals surface area contributed by atoms with E-state index in [0.29, 0.717) is 0 Å². The average molecular weight is 207 g/mol. The molecule has 0 aliphatic carbocycles. The zero-order valence-electron chi connectivity index (χ0n) is 8.07. The summed E-state index contributed by atoms with van der Waals surface area (Å²) >= 11 is 1.61. The van der Waals surface area contributed by atoms with Gasteiger partial charge < -0.3 is 5.32 Å². The van der Waals surface area contributed by atoms with Crippen molar-refractivity contribution in [3.05, 3.63) is 41.8 Å². The van der Waals surface area contributed by atoms with E-state index < -0.39 is 0 Å². The first-order valence-electron chi connectivity index (χ1n) is 4.47. The number of thioether (sulfide) groups is 1. The molecule has 0 heterocycles. The van der Waals surface area contributed by atoms with Crippen LogP contribution >= 0.6 is 11.8 Å². The molecule has 0 aliphatic heterocycles. The van der Waals surface area contributed by atoms with Crippen molar-refractivity contribution in [1.29, 1.82) is 0 Å². The summed E-state index contributed by atoms with van der Waals surface area (Å²) < 4.78 is 0. The Morgan fingerprint density at radius 3 is 2.79 bits per heavy atom. The Hall–Kier alpha value is -1.22. The van der Waals surface area contributed by atoms with E-state index in [-0.39, 0.29) is 5.91 Å². The van der Waals surface area contributed by atoms with Crippen molar-refractivity contribution in [2.24, 2.45) is 0 Å². The molecule has 74 valence electrons. The molecule has 0 radical (unpaired) electrons. The zero-order valence-corrected chi connectivity index (χ0v) is 8.88. The van der Waals surface area contributed by atoms with Gasteiger partial charge in [-0.1, -0.05) is 25.1 Å². The number of nitrogens with one attached hydrogen (secondary N) is 1. The number of benzene rings is 1. The zero-order chi connectivity index (χ0) is 10.2. The van der Waals surface area contributed by atoms with Crippen LogP contribution in [0.2, 0.25) is 0 Å². The van der Waals surface area contributed by atoms with Crippen molar-refractivity contribution in [3.63, 3.8) is 0 Å². The van der Waals surface area contributed by atoms with Gasteiger partial charge in [0.25, 0.3) is 0 Å². The van der Waals surface area contributed by atoms with Gasteiger partial charge in [-0.2, -0.15) is 0 Å². The molecule has 1 amide bonds. The second-order valence-electron chi connectivity index (χ2n) is 2.61. The lowest BCUT2D eigenvalue weighted by molar-refractivity contribution is -0.111. The molecule has 0 aliphatic rings. The van der Waals surface area contributed by atoms with Gasteiger partial charge in [0.05, 0.1) is 0 Å². The van der Waals surface area contributed by atoms with Gasteiger partial charge in [-0.15, -0.1) is 11.8 Å². The Kier molecular flexibility index (Phi) is 4.86. The van der Waals surface area contributed by atoms with Crippen LogP contribution < -0.4 is 5.32 Å². The molecule has 0 saturated heterocycles. The average Bonchev–Trinajstić information content (AvgIpc) is 2.20. The number of para-hydroxylation sites is 1. The molecule has 0 aromatic heterocycles. The number of amides is 1. The largest absolute Gasteiger partial charge is 0.322 e. The van der Waals surface area contributed by atoms with Gasteiger partial charge in [0, 0.05) is 11.8 Å². The summed E-state index contributed by atoms with van der Waals surface area (Å²) in [4.78, 5) is 11.3. The SMILES string of the molecule is CCS/C=C/C(=O)Nc1ccccc1. The maximum absolute atomic E-state index is 11.3. The smallest absolute Gasteiger partial charge is 0.248 e. The first kappa shape index (κ1) is 10.9. The van der Waals surface area contributed by atoms with Crippen molar-refractivity contribution < 1.29 is 4.79 Å². The molecule has 0 saturated carbocycles. The van der Waals surface area contributed by atoms with E-state index in [1.165, 1.54) is 0 Å². The summed E-state index contributed by atoms with van der Waals surface area (Å²) in [5.41, 5.74) is 0.823. The third kappa shape index (κ3) is 4.14. The Morgan fingerprint density at radius 2 is 2.14 bits per heavy atom. The van der Waals surface area contributed by atoms with Crippen LogP contribution in [0.3, 0.4) is 0 Å². The molecule has 1 aromatic carbocycles. The quantitative estimate of drug-likeness (QED) is 0.769. The molecule has 1 N–H and O–H groups in total. The second-order valence-corrected chi connectivity index (χ2v) is 3.80. The molecule has 0 atom stereocenters. The van der Waals surface area contributed by atoms with Crippen molar-refractivity contribution >= 4 is 23.4 Å². The van der Waals surface area contributed by atoms with Gasteiger partial charge in [0.1, 0.15) is 0 Å². The monoisotopic (exact) mass is 207 g/mol. The minimum atomic E-state index is -0.0860. The lowest BCUT2D eigenvalue weighted by Gasteiger charge is -1.99. The number of carbonyl (C=O) groups excluding carboxylic acids is 1. The molecule has 3 heteroatoms. The number of hydrogen-bond donors (Lipinski definition) is 1. The van der Waals surface area contributed by atoms with Gasteiger partial charge >= 0.3 is 0 Å². The molecule has 0 fully saturated rings. The fraction of sp³-hybridized carbons (Fsp3) is 0.182. The van der Waals surface area contributed by atoms with E-state index in [1.54, 1.807) is 23.2 Å². The highest BCUT2D eigenvalue weighted by atomic mass is 32.2. The highest BCUT2D eigenvalue weighted by Crippen LogP contribution is 2.05. The molecule has 0 unspecified atom stereocenters. The first-order chi connectivity index (χ1) is 6.83. The summed E-state index contributed by atoms with van der Waals surface area (Å²) in [5.74, 6) is 0.895. The van der Waals surface area contributed by atoms with E-state index in [2.05, 4.69) is 5.32 Å². The lowest BCUT2D eigenvalue weighted by atomic mass is 10.3. The van der Waals surface area contributed by atoms with Crippen LogP contribution in [0.1, 0.15) is 6.92 Å². The molecule has 14 heavy (non-hydrogen) atoms. The topological polar surface area (TPSA) is 29.1 Å². The van der Waals surface area contributed by atoms with E-state index >= 15 is 0 Å². The van der Waals surface area contributed by atoms with Crippen LogP contribution in [-0.4, -0.2) is 11.7 Å². The molecule has 1 rings (SSSR count). The molecular weight excluding hydrogens is 194 g/mol. The molecular formula is C11H13NOS. The minimum absolute atomic E-state index is 0.0860. The normalized spacial score (nSPS) is 10.4. The summed E-state index contributed by atoms with van der Waals surface area (Å²) in [6.45, 7) is 2.05. The van der Waals surface area contributed by atoms with Crippen molar-refractivity contribution in [2.45, 2.75) is 6.92 Å². The van der Waals surface area contributed by atoms with Gasteiger partial charge in [-0.05, 0) is 23.3 Å². The van der Waals surface area contributed by atoms with Gasteiger partial charge in [0.15, 0.2) is 0 Å². The highest BCUT2D eigenvalue weighted by molar-refractivity contribution is 8.02. The number of carbonyl (C=O) groups is 1. The maximum atomic E-state index is 11.3. The minimum Gasteiger partial charge on any atom is -0.322 e. The third-order valence-corrected chi connectivity index (χ3v) is 2.19. The Balaban J connectivity index is 2.42. The van der Waals surface area contributed by atoms with Crippen LogP contribution in [-0.2, 0) is 4.79 Å². The summed E-state index contributed by atoms with van der Waals surface area (Å²) in [5, 5.41) is 4.57. The second kappa shape index (κ2) is 6.27. The summed E-state index contributed by atoms with van der Waals surface area (Å²) in [6.07, 6.45) is 1.54. The Bertz CT molecular complexity index is 308. The standard InChI is InChI=1S/C11H13NOS/c1-2-14-9-8-11(13)12-10-6-4-3-5-7-10/h3-9H,2H2,1H3,(H,12,13)/b9-8+. The van der Waals surface area contributed by atoms with Crippen molar-refractivity contribution in [2.75, 3.05) is 11.1 Å². The van der Waals surface area contributed by atoms with Crippen LogP contribution in [0, 0.1) is 0 Å². The first-order valence-corrected chi connectivity index (χ1v) is 5.52. The Morgan fingerprint density at radius 1 is 1.43 bits per heavy atom. The van der Waals surface area contributed by atoms with E-state index in [4.69, 9.17) is 0 Å². The van der Waals surface area contributed by atoms with E-state index in [9.17, 15) is 4.79 Å². The lowest BCUT2D eigenvalue weighted by Crippen LogP contribution is -2.07. The van der Waals surface area contributed by atoms with Gasteiger partial charge in [-0.3, -0.25) is 4.79 Å². The van der Waals surface area contributed by atoms with Crippen LogP contribution in [0.15, 0.2) is 41.8 Å². The maximum Gasteiger partial charge on any atom is 0.248 e. The predicted molar refractivity (Wildman–Crippen MR) is 62.3 cm³/mol. The number of anilines is 1. The summed E-state index contributed by atoms with van der Waals surface area (Å²) in [6, 6.07) is 9.41. The van der Waals surface area contributed by atoms with Crippen LogP contribution in [0.5, 0.6) is 0 Å². The third-order valence-electron chi connectivity index (χ3n) is 1.52. The summed E-state index contributed by atoms with van der Waals surface area (Å²) in [7, 11) is 0. The molecule has 1 aromatic rings. The highest BCUT2D eigenvalue weighted by Gasteiger charge is 1.94. The van der Waals surface area contributed by atoms with Crippen molar-refractivity contribution in [1.82, 2.24) is 0 Å². The Labute approximate surface area is 88.4 Å². The fourth-order valence-electron chi connectivity index (χ4n) is 0.912. The van der Waals surface area contributed by atoms with Crippen LogP contribution in [0.25, 0.3) is 0 Å². The molecule has 0 spiro atoms. The van der Waals surface area contributed by atoms with Crippen molar-refractivity contribution in [3.8, 4) is 0 Å². The predicted octanol–water partition coefficient (Wildman–Crippen LogP) is 2.89. The molecule has 2 nitrogen and oxygen atoms in total. The molecule has 0 bridgehead atoms. The van der Waals surface area contributed by atoms with Crippen LogP contribution in [0.4, 0.5) is 5.69 Å². The number of rotatable bonds is 4. The van der Waals surface area contributed by atoms with Gasteiger partial charge in [-0.25, -0.2) is 0 Å². The van der Waals surface area contributed by atoms with E-state index in [1.807, 2.05) is 37.3 Å². The number of hydrogen-bond acceptors (Lipinski definition) is 2. The van der Waals surface area contributed by atoms with E-state index in [0.717, 1.165) is 11.4 Å². The fourth-order valence-corrected chi connectivity index (χ4v) is 1.32. The van der Waals surface area contributed by atoms with Gasteiger partial charge in [0.2, 0.25) is 5.91 Å².